The number of fused-ring (bicyclic) bond motifs is 7. The fourth-order valence-corrected chi connectivity index (χ4v) is 13.2. The number of aromatic hydroxyl groups is 1. The Bertz CT molecular complexity index is 4650. The number of benzene rings is 9. The maximum absolute atomic E-state index is 12.8. The van der Waals surface area contributed by atoms with Crippen molar-refractivity contribution in [1.29, 1.82) is 0 Å². The monoisotopic (exact) mass is 1090 g/mol. The van der Waals surface area contributed by atoms with Crippen LogP contribution in [0.4, 0.5) is 0 Å². The Morgan fingerprint density at radius 1 is 0.451 bits per heavy atom. The molecule has 6 nitrogen and oxygen atoms in total. The zero-order valence-electron chi connectivity index (χ0n) is 49.2. The predicted octanol–water partition coefficient (Wildman–Crippen LogP) is 19.9. The molecule has 0 aliphatic carbocycles. The van der Waals surface area contributed by atoms with E-state index in [0.29, 0.717) is 11.4 Å². The molecule has 13 aromatic rings. The Balaban J connectivity index is 1.05. The summed E-state index contributed by atoms with van der Waals surface area (Å²) >= 11 is 0. The van der Waals surface area contributed by atoms with Crippen molar-refractivity contribution in [3.05, 3.63) is 217 Å². The standard InChI is InChI=1S/C75H70N4O2Si/c1-73(2,3)50-33-38-65(57(41-50)48-21-14-13-15-22-48)79-66-27-20-25-54(69(66)77-72(79)60-42-51(74(4,5)6)43-62(70(60)80)75(7,8)9)49-39-58-56-24-17-19-28-68(56)81-71(58)59(40-49)63-44-67-61(45-76-63)55-23-16-18-26-64(55)78(67)52-34-29-46(30-35-52)47-31-36-53(37-32-47)82(10,11)12/h13-45,80H,1-12H3. The molecular weight excluding hydrogens is 1020 g/mol. The van der Waals surface area contributed by atoms with Crippen LogP contribution in [0.25, 0.3) is 122 Å². The summed E-state index contributed by atoms with van der Waals surface area (Å²) in [5.74, 6) is 0.905. The average molecular weight is 1090 g/mol. The first-order chi connectivity index (χ1) is 39.1. The molecule has 0 amide bonds. The molecule has 13 rings (SSSR count). The molecule has 0 spiro atoms. The van der Waals surface area contributed by atoms with Gasteiger partial charge in [-0.15, -0.1) is 0 Å². The third-order valence-electron chi connectivity index (χ3n) is 16.7. The van der Waals surface area contributed by atoms with Crippen LogP contribution in [-0.4, -0.2) is 32.3 Å². The number of imidazole rings is 1. The molecule has 0 fully saturated rings. The minimum absolute atomic E-state index is 0.105. The lowest BCUT2D eigenvalue weighted by Gasteiger charge is -2.28. The SMILES string of the molecule is CC(C)(C)c1ccc(-n2c(-c3cc(C(C)(C)C)cc(C(C)(C)C)c3O)nc3c(-c4cc(-c5cc6c(cn5)c5ccccc5n6-c5ccc(-c6ccc([Si](C)(C)C)cc6)cc5)c5oc6ccccc6c5c4)cccc32)c(-c2ccccc2)c1. The molecule has 4 heterocycles. The van der Waals surface area contributed by atoms with Gasteiger partial charge in [0.25, 0.3) is 0 Å². The predicted molar refractivity (Wildman–Crippen MR) is 348 cm³/mol. The lowest BCUT2D eigenvalue weighted by atomic mass is 9.79. The van der Waals surface area contributed by atoms with Crippen LogP contribution in [0.5, 0.6) is 5.75 Å². The Morgan fingerprint density at radius 3 is 1.79 bits per heavy atom. The van der Waals surface area contributed by atoms with Gasteiger partial charge in [-0.05, 0) is 116 Å². The summed E-state index contributed by atoms with van der Waals surface area (Å²) in [7, 11) is -1.42. The largest absolute Gasteiger partial charge is 0.507 e. The van der Waals surface area contributed by atoms with Crippen LogP contribution in [0.2, 0.25) is 19.6 Å². The number of hydrogen-bond acceptors (Lipinski definition) is 4. The molecule has 4 aromatic heterocycles. The van der Waals surface area contributed by atoms with Gasteiger partial charge >= 0.3 is 0 Å². The van der Waals surface area contributed by atoms with Crippen LogP contribution in [0.15, 0.2) is 205 Å². The maximum Gasteiger partial charge on any atom is 0.149 e. The lowest BCUT2D eigenvalue weighted by Crippen LogP contribution is -2.37. The first kappa shape index (κ1) is 52.6. The van der Waals surface area contributed by atoms with Crippen molar-refractivity contribution in [1.82, 2.24) is 19.1 Å². The van der Waals surface area contributed by atoms with Crippen molar-refractivity contribution in [3.63, 3.8) is 0 Å². The number of furan rings is 1. The highest BCUT2D eigenvalue weighted by Crippen LogP contribution is 2.48. The van der Waals surface area contributed by atoms with Crippen LogP contribution in [0, 0.1) is 0 Å². The number of rotatable bonds is 8. The van der Waals surface area contributed by atoms with E-state index in [4.69, 9.17) is 14.4 Å². The molecule has 0 radical (unpaired) electrons. The number of para-hydroxylation sites is 3. The Labute approximate surface area is 482 Å². The minimum Gasteiger partial charge on any atom is -0.507 e. The molecule has 0 aliphatic heterocycles. The maximum atomic E-state index is 12.8. The van der Waals surface area contributed by atoms with Crippen molar-refractivity contribution in [2.75, 3.05) is 0 Å². The van der Waals surface area contributed by atoms with Gasteiger partial charge in [-0.3, -0.25) is 9.55 Å². The van der Waals surface area contributed by atoms with Gasteiger partial charge in [0, 0.05) is 55.7 Å². The van der Waals surface area contributed by atoms with Gasteiger partial charge in [-0.1, -0.05) is 215 Å². The van der Waals surface area contributed by atoms with Gasteiger partial charge in [0.15, 0.2) is 0 Å². The second kappa shape index (κ2) is 19.2. The summed E-state index contributed by atoms with van der Waals surface area (Å²) in [6, 6.07) is 70.1. The van der Waals surface area contributed by atoms with Gasteiger partial charge in [0.2, 0.25) is 0 Å². The number of aromatic nitrogens is 4. The normalized spacial score (nSPS) is 12.7. The summed E-state index contributed by atoms with van der Waals surface area (Å²) in [5, 5.41) is 18.5. The molecule has 9 aromatic carbocycles. The summed E-state index contributed by atoms with van der Waals surface area (Å²) < 4.78 is 11.6. The molecule has 0 atom stereocenters. The summed E-state index contributed by atoms with van der Waals surface area (Å²) in [6.45, 7) is 27.2. The molecule has 0 saturated carbocycles. The molecule has 0 unspecified atom stereocenters. The second-order valence-electron chi connectivity index (χ2n) is 26.5. The Kier molecular flexibility index (Phi) is 12.3. The highest BCUT2D eigenvalue weighted by atomic mass is 28.3. The molecule has 1 N–H and O–H groups in total. The number of pyridine rings is 1. The first-order valence-electron chi connectivity index (χ1n) is 28.8. The number of phenolic OH excluding ortho intramolecular Hbond substituents is 1. The molecule has 0 saturated heterocycles. The Morgan fingerprint density at radius 2 is 1.10 bits per heavy atom. The molecular formula is C75H70N4O2Si. The highest BCUT2D eigenvalue weighted by Gasteiger charge is 2.31. The van der Waals surface area contributed by atoms with E-state index < -0.39 is 8.07 Å². The number of phenols is 1. The van der Waals surface area contributed by atoms with E-state index in [2.05, 4.69) is 273 Å². The van der Waals surface area contributed by atoms with Gasteiger partial charge in [-0.25, -0.2) is 4.98 Å². The second-order valence-corrected chi connectivity index (χ2v) is 31.6. The van der Waals surface area contributed by atoms with E-state index >= 15 is 0 Å². The number of hydrogen-bond donors (Lipinski definition) is 1. The van der Waals surface area contributed by atoms with Crippen molar-refractivity contribution < 1.29 is 9.52 Å². The van der Waals surface area contributed by atoms with Crippen LogP contribution in [0.3, 0.4) is 0 Å². The number of nitrogens with zero attached hydrogens (tertiary/aromatic N) is 4. The highest BCUT2D eigenvalue weighted by molar-refractivity contribution is 6.88. The molecule has 7 heteroatoms. The van der Waals surface area contributed by atoms with E-state index in [9.17, 15) is 5.11 Å². The van der Waals surface area contributed by atoms with E-state index in [1.165, 1.54) is 21.9 Å². The smallest absolute Gasteiger partial charge is 0.149 e. The third-order valence-corrected chi connectivity index (χ3v) is 18.8. The summed E-state index contributed by atoms with van der Waals surface area (Å²) in [4.78, 5) is 11.1. The van der Waals surface area contributed by atoms with Gasteiger partial charge in [0.1, 0.15) is 22.7 Å². The average Bonchev–Trinajstić information content (AvgIpc) is 2.81. The Hall–Kier alpha value is -8.78. The van der Waals surface area contributed by atoms with E-state index in [1.54, 1.807) is 0 Å². The summed E-state index contributed by atoms with van der Waals surface area (Å²) in [6.07, 6.45) is 2.03. The van der Waals surface area contributed by atoms with Crippen LogP contribution in [0.1, 0.15) is 79.0 Å². The first-order valence-corrected chi connectivity index (χ1v) is 32.3. The van der Waals surface area contributed by atoms with Crippen molar-refractivity contribution >= 4 is 68.0 Å². The van der Waals surface area contributed by atoms with Crippen molar-refractivity contribution in [2.24, 2.45) is 0 Å². The van der Waals surface area contributed by atoms with E-state index in [0.717, 1.165) is 111 Å². The van der Waals surface area contributed by atoms with E-state index in [1.807, 2.05) is 18.3 Å². The van der Waals surface area contributed by atoms with Crippen LogP contribution in [-0.2, 0) is 16.2 Å². The van der Waals surface area contributed by atoms with Crippen LogP contribution >= 0.6 is 0 Å². The topological polar surface area (TPSA) is 69.0 Å². The zero-order valence-corrected chi connectivity index (χ0v) is 50.2. The third kappa shape index (κ3) is 9.03. The molecule has 406 valence electrons. The summed E-state index contributed by atoms with van der Waals surface area (Å²) in [5.41, 5.74) is 18.9. The van der Waals surface area contributed by atoms with Gasteiger partial charge in [0.05, 0.1) is 47.1 Å². The fraction of sp³-hybridized carbons (Fsp3) is 0.200. The fourth-order valence-electron chi connectivity index (χ4n) is 12.0. The van der Waals surface area contributed by atoms with Gasteiger partial charge in [-0.2, -0.15) is 0 Å². The molecule has 0 aliphatic rings. The zero-order chi connectivity index (χ0) is 57.2. The van der Waals surface area contributed by atoms with Gasteiger partial charge < -0.3 is 14.1 Å². The molecule has 82 heavy (non-hydrogen) atoms. The van der Waals surface area contributed by atoms with Crippen molar-refractivity contribution in [3.8, 4) is 73.2 Å². The minimum atomic E-state index is -1.42. The van der Waals surface area contributed by atoms with Crippen molar-refractivity contribution in [2.45, 2.75) is 98.2 Å². The van der Waals surface area contributed by atoms with Crippen LogP contribution < -0.4 is 5.19 Å². The molecule has 0 bridgehead atoms. The van der Waals surface area contributed by atoms with E-state index in [-0.39, 0.29) is 22.0 Å². The quantitative estimate of drug-likeness (QED) is 0.154. The lowest BCUT2D eigenvalue weighted by molar-refractivity contribution is 0.446.